The molecular weight excluding hydrogens is 246 g/mol. The molecule has 0 aromatic carbocycles. The first-order valence-electron chi connectivity index (χ1n) is 3.57. The van der Waals surface area contributed by atoms with Crippen LogP contribution in [0.4, 0.5) is 0 Å². The fraction of sp³-hybridized carbons (Fsp3) is 0.833. The fourth-order valence-electron chi connectivity index (χ4n) is 0.733. The van der Waals surface area contributed by atoms with E-state index < -0.39 is 11.9 Å². The standard InChI is InChI=1S/C6H13BrO2P2/c7-11(10)5-3-1-2-4-6(8)9/h10-11H,1-5H2,(H,8,9). The van der Waals surface area contributed by atoms with Gasteiger partial charge in [-0.15, -0.1) is 8.53 Å². The lowest BCUT2D eigenvalue weighted by Crippen LogP contribution is -1.93. The summed E-state index contributed by atoms with van der Waals surface area (Å²) in [6.45, 7) is 0. The van der Waals surface area contributed by atoms with Crippen LogP contribution in [0.15, 0.2) is 0 Å². The van der Waals surface area contributed by atoms with Gasteiger partial charge in [-0.25, -0.2) is 0 Å². The Morgan fingerprint density at radius 3 is 2.55 bits per heavy atom. The monoisotopic (exact) mass is 258 g/mol. The Morgan fingerprint density at radius 1 is 1.45 bits per heavy atom. The highest BCUT2D eigenvalue weighted by atomic mass is 79.9. The first-order chi connectivity index (χ1) is 5.13. The number of unbranched alkanes of at least 4 members (excludes halogenated alkanes) is 2. The number of halogens is 1. The molecule has 11 heavy (non-hydrogen) atoms. The molecule has 0 bridgehead atoms. The first kappa shape index (κ1) is 11.7. The maximum Gasteiger partial charge on any atom is 0.303 e. The predicted octanol–water partition coefficient (Wildman–Crippen LogP) is 3.21. The van der Waals surface area contributed by atoms with Crippen LogP contribution in [0.2, 0.25) is 0 Å². The van der Waals surface area contributed by atoms with Crippen LogP contribution >= 0.6 is 29.9 Å². The van der Waals surface area contributed by atoms with E-state index in [0.29, 0.717) is 6.42 Å². The lowest BCUT2D eigenvalue weighted by atomic mass is 10.2. The van der Waals surface area contributed by atoms with Crippen LogP contribution in [-0.4, -0.2) is 17.2 Å². The van der Waals surface area contributed by atoms with Gasteiger partial charge in [-0.2, -0.15) is 0 Å². The number of carboxylic acids is 1. The molecule has 0 aliphatic carbocycles. The Hall–Kier alpha value is 0.680. The maximum absolute atomic E-state index is 10.1. The Kier molecular flexibility index (Phi) is 7.79. The summed E-state index contributed by atoms with van der Waals surface area (Å²) in [6, 6.07) is 0. The molecule has 0 aromatic rings. The van der Waals surface area contributed by atoms with E-state index in [1.54, 1.807) is 0 Å². The molecule has 0 aromatic heterocycles. The van der Waals surface area contributed by atoms with E-state index in [9.17, 15) is 4.79 Å². The fourth-order valence-corrected chi connectivity index (χ4v) is 2.67. The maximum atomic E-state index is 10.1. The van der Waals surface area contributed by atoms with Crippen LogP contribution in [0.5, 0.6) is 0 Å². The smallest absolute Gasteiger partial charge is 0.303 e. The second-order valence-corrected chi connectivity index (χ2v) is 10.5. The Labute approximate surface area is 77.9 Å². The highest BCUT2D eigenvalue weighted by Crippen LogP contribution is 2.37. The summed E-state index contributed by atoms with van der Waals surface area (Å²) in [5.74, 6) is -1.15. The minimum Gasteiger partial charge on any atom is -0.481 e. The quantitative estimate of drug-likeness (QED) is 0.587. The van der Waals surface area contributed by atoms with Gasteiger partial charge in [0.15, 0.2) is 0 Å². The van der Waals surface area contributed by atoms with Crippen molar-refractivity contribution in [3.8, 4) is 0 Å². The molecule has 66 valence electrons. The van der Waals surface area contributed by atoms with E-state index in [4.69, 9.17) is 5.11 Å². The SMILES string of the molecule is O=C(O)CCCCC[PH](=P)Br. The van der Waals surface area contributed by atoms with Gasteiger partial charge in [-0.3, -0.25) is 4.79 Å². The van der Waals surface area contributed by atoms with E-state index in [2.05, 4.69) is 24.0 Å². The average molecular weight is 259 g/mol. The summed E-state index contributed by atoms with van der Waals surface area (Å²) in [5, 5.41) is 8.31. The van der Waals surface area contributed by atoms with Crippen LogP contribution in [0.25, 0.3) is 0 Å². The van der Waals surface area contributed by atoms with Crippen molar-refractivity contribution in [2.75, 3.05) is 6.16 Å². The first-order valence-corrected chi connectivity index (χ1v) is 9.04. The van der Waals surface area contributed by atoms with Gasteiger partial charge < -0.3 is 5.11 Å². The molecule has 0 radical (unpaired) electrons. The number of carboxylic acid groups (broad SMARTS) is 1. The third-order valence-electron chi connectivity index (χ3n) is 1.29. The summed E-state index contributed by atoms with van der Waals surface area (Å²) in [7, 11) is 3.50. The Balaban J connectivity index is 3.03. The molecule has 5 heteroatoms. The molecule has 2 nitrogen and oxygen atoms in total. The topological polar surface area (TPSA) is 37.3 Å². The van der Waals surface area contributed by atoms with Crippen LogP contribution in [0, 0.1) is 0 Å². The van der Waals surface area contributed by atoms with Gasteiger partial charge in [0, 0.05) is 6.42 Å². The summed E-state index contributed by atoms with van der Waals surface area (Å²) < 4.78 is 0. The van der Waals surface area contributed by atoms with Crippen molar-refractivity contribution in [1.29, 1.82) is 0 Å². The lowest BCUT2D eigenvalue weighted by Gasteiger charge is -1.97. The van der Waals surface area contributed by atoms with E-state index in [1.165, 1.54) is 0 Å². The molecule has 0 amide bonds. The molecule has 0 aliphatic rings. The number of carbonyl (C=O) groups is 1. The summed E-state index contributed by atoms with van der Waals surface area (Å²) in [5.41, 5.74) is 0. The number of rotatable bonds is 6. The number of aliphatic carboxylic acids is 1. The van der Waals surface area contributed by atoms with E-state index >= 15 is 0 Å². The van der Waals surface area contributed by atoms with E-state index in [0.717, 1.165) is 25.4 Å². The molecule has 0 aliphatic heterocycles. The molecule has 1 N–H and O–H groups in total. The molecule has 0 rings (SSSR count). The highest BCUT2D eigenvalue weighted by Gasteiger charge is 1.95. The number of hydrogen-bond acceptors (Lipinski definition) is 1. The van der Waals surface area contributed by atoms with Gasteiger partial charge in [-0.05, 0) is 24.9 Å². The van der Waals surface area contributed by atoms with Crippen LogP contribution in [-0.2, 0) is 4.79 Å². The van der Waals surface area contributed by atoms with Crippen LogP contribution in [0.1, 0.15) is 25.7 Å². The van der Waals surface area contributed by atoms with Crippen molar-refractivity contribution in [3.05, 3.63) is 0 Å². The third-order valence-corrected chi connectivity index (χ3v) is 4.02. The third kappa shape index (κ3) is 10.7. The van der Waals surface area contributed by atoms with Gasteiger partial charge in [0.1, 0.15) is 0 Å². The normalized spacial score (nSPS) is 12.8. The van der Waals surface area contributed by atoms with Gasteiger partial charge in [0.05, 0.1) is 0 Å². The molecule has 0 fully saturated rings. The summed E-state index contributed by atoms with van der Waals surface area (Å²) >= 11 is 3.45. The van der Waals surface area contributed by atoms with Crippen molar-refractivity contribution >= 4 is 35.9 Å². The average Bonchev–Trinajstić information content (AvgIpc) is 1.85. The largest absolute Gasteiger partial charge is 0.481 e. The van der Waals surface area contributed by atoms with Crippen LogP contribution < -0.4 is 0 Å². The molecule has 0 saturated carbocycles. The summed E-state index contributed by atoms with van der Waals surface area (Å²) in [4.78, 5) is 10.1. The van der Waals surface area contributed by atoms with Crippen molar-refractivity contribution in [2.45, 2.75) is 25.7 Å². The molecule has 0 heterocycles. The van der Waals surface area contributed by atoms with Gasteiger partial charge in [0.25, 0.3) is 0 Å². The second kappa shape index (κ2) is 7.34. The van der Waals surface area contributed by atoms with E-state index in [-0.39, 0.29) is 0 Å². The molecule has 1 atom stereocenters. The minimum atomic E-state index is -0.687. The molecular formula is C6H13BrO2P2. The van der Waals surface area contributed by atoms with Crippen molar-refractivity contribution < 1.29 is 9.90 Å². The summed E-state index contributed by atoms with van der Waals surface area (Å²) in [6.07, 6.45) is 4.42. The van der Waals surface area contributed by atoms with Gasteiger partial charge >= 0.3 is 5.97 Å². The van der Waals surface area contributed by atoms with Crippen molar-refractivity contribution in [1.82, 2.24) is 0 Å². The molecule has 0 spiro atoms. The van der Waals surface area contributed by atoms with Crippen molar-refractivity contribution in [3.63, 3.8) is 0 Å². The zero-order chi connectivity index (χ0) is 8.69. The highest BCUT2D eigenvalue weighted by molar-refractivity contribution is 9.40. The van der Waals surface area contributed by atoms with Gasteiger partial charge in [0.2, 0.25) is 0 Å². The van der Waals surface area contributed by atoms with Crippen molar-refractivity contribution in [2.24, 2.45) is 0 Å². The number of hydrogen-bond donors (Lipinski definition) is 1. The molecule has 0 saturated heterocycles. The zero-order valence-electron chi connectivity index (χ0n) is 6.27. The van der Waals surface area contributed by atoms with Crippen LogP contribution in [0.3, 0.4) is 0 Å². The van der Waals surface area contributed by atoms with E-state index in [1.807, 2.05) is 0 Å². The molecule has 1 unspecified atom stereocenters. The second-order valence-electron chi connectivity index (χ2n) is 2.36. The zero-order valence-corrected chi connectivity index (χ0v) is 9.85. The lowest BCUT2D eigenvalue weighted by molar-refractivity contribution is -0.137. The van der Waals surface area contributed by atoms with Gasteiger partial charge in [-0.1, -0.05) is 21.9 Å². The minimum absolute atomic E-state index is 0.312. The Morgan fingerprint density at radius 2 is 2.09 bits per heavy atom. The predicted molar refractivity (Wildman–Crippen MR) is 56.5 cm³/mol. The Bertz CT molecular complexity index is 134.